The molecule has 1 atom stereocenters. The number of hydrogen-bond donors (Lipinski definition) is 0. The van der Waals surface area contributed by atoms with Gasteiger partial charge in [-0.25, -0.2) is 0 Å². The van der Waals surface area contributed by atoms with Crippen LogP contribution in [0.4, 0.5) is 0 Å². The molecule has 2 aromatic carbocycles. The lowest BCUT2D eigenvalue weighted by atomic mass is 10.1. The normalized spacial score (nSPS) is 19.1. The van der Waals surface area contributed by atoms with Crippen molar-refractivity contribution in [1.82, 2.24) is 4.90 Å². The Kier molecular flexibility index (Phi) is 4.46. The maximum absolute atomic E-state index is 12.8. The van der Waals surface area contributed by atoms with Crippen molar-refractivity contribution in [3.8, 4) is 11.5 Å². The van der Waals surface area contributed by atoms with Crippen molar-refractivity contribution in [3.05, 3.63) is 57.6 Å². The van der Waals surface area contributed by atoms with Gasteiger partial charge in [0, 0.05) is 22.2 Å². The van der Waals surface area contributed by atoms with Gasteiger partial charge in [0.15, 0.2) is 11.5 Å². The van der Waals surface area contributed by atoms with Crippen LogP contribution in [0.2, 0.25) is 10.0 Å². The summed E-state index contributed by atoms with van der Waals surface area (Å²) in [7, 11) is 0. The SMILES string of the molecule is O=C(c1ccc2c(c1)OCO2)N1CCO[C@H](c2cc(Cl)cc(Cl)c2)C1. The summed E-state index contributed by atoms with van der Waals surface area (Å²) in [5.41, 5.74) is 1.43. The number of morpholine rings is 1. The Morgan fingerprint density at radius 1 is 1.04 bits per heavy atom. The van der Waals surface area contributed by atoms with E-state index in [1.165, 1.54) is 0 Å². The lowest BCUT2D eigenvalue weighted by molar-refractivity contribution is -0.0228. The largest absolute Gasteiger partial charge is 0.454 e. The predicted octanol–water partition coefficient (Wildman–Crippen LogP) is 3.94. The first-order valence-corrected chi connectivity index (χ1v) is 8.62. The number of rotatable bonds is 2. The van der Waals surface area contributed by atoms with E-state index in [0.717, 1.165) is 5.56 Å². The lowest BCUT2D eigenvalue weighted by Gasteiger charge is -2.33. The number of hydrogen-bond acceptors (Lipinski definition) is 4. The number of amides is 1. The Labute approximate surface area is 155 Å². The molecule has 1 fully saturated rings. The molecule has 2 aliphatic rings. The molecular formula is C18H15Cl2NO4. The van der Waals surface area contributed by atoms with Crippen molar-refractivity contribution in [3.63, 3.8) is 0 Å². The monoisotopic (exact) mass is 379 g/mol. The Balaban J connectivity index is 1.53. The highest BCUT2D eigenvalue weighted by atomic mass is 35.5. The van der Waals surface area contributed by atoms with Crippen LogP contribution >= 0.6 is 23.2 Å². The molecule has 25 heavy (non-hydrogen) atoms. The molecule has 5 nitrogen and oxygen atoms in total. The van der Waals surface area contributed by atoms with Gasteiger partial charge in [-0.05, 0) is 42.0 Å². The molecule has 0 unspecified atom stereocenters. The van der Waals surface area contributed by atoms with Crippen LogP contribution < -0.4 is 9.47 Å². The van der Waals surface area contributed by atoms with Gasteiger partial charge in [-0.3, -0.25) is 4.79 Å². The van der Waals surface area contributed by atoms with Crippen LogP contribution in [0.5, 0.6) is 11.5 Å². The highest BCUT2D eigenvalue weighted by Crippen LogP contribution is 2.33. The average molecular weight is 380 g/mol. The topological polar surface area (TPSA) is 48.0 Å². The summed E-state index contributed by atoms with van der Waals surface area (Å²) in [6.45, 7) is 1.59. The summed E-state index contributed by atoms with van der Waals surface area (Å²) in [5, 5.41) is 1.09. The maximum atomic E-state index is 12.8. The summed E-state index contributed by atoms with van der Waals surface area (Å²) in [6.07, 6.45) is -0.261. The molecule has 1 amide bonds. The average Bonchev–Trinajstić information content (AvgIpc) is 3.08. The summed E-state index contributed by atoms with van der Waals surface area (Å²) >= 11 is 12.1. The molecule has 7 heteroatoms. The zero-order valence-electron chi connectivity index (χ0n) is 13.2. The van der Waals surface area contributed by atoms with Crippen molar-refractivity contribution >= 4 is 29.1 Å². The third-order valence-electron chi connectivity index (χ3n) is 4.23. The van der Waals surface area contributed by atoms with E-state index < -0.39 is 0 Å². The quantitative estimate of drug-likeness (QED) is 0.792. The third kappa shape index (κ3) is 3.40. The molecular weight excluding hydrogens is 365 g/mol. The van der Waals surface area contributed by atoms with Crippen molar-refractivity contribution in [2.24, 2.45) is 0 Å². The lowest BCUT2D eigenvalue weighted by Crippen LogP contribution is -2.42. The summed E-state index contributed by atoms with van der Waals surface area (Å²) in [6, 6.07) is 10.5. The second kappa shape index (κ2) is 6.75. The molecule has 0 aliphatic carbocycles. The predicted molar refractivity (Wildman–Crippen MR) is 93.6 cm³/mol. The fraction of sp³-hybridized carbons (Fsp3) is 0.278. The molecule has 0 bridgehead atoms. The molecule has 2 aliphatic heterocycles. The van der Waals surface area contributed by atoms with Crippen molar-refractivity contribution in [2.45, 2.75) is 6.10 Å². The van der Waals surface area contributed by atoms with E-state index in [1.54, 1.807) is 29.2 Å². The molecule has 0 saturated carbocycles. The molecule has 4 rings (SSSR count). The second-order valence-electron chi connectivity index (χ2n) is 5.88. The number of benzene rings is 2. The van der Waals surface area contributed by atoms with Crippen molar-refractivity contribution in [2.75, 3.05) is 26.5 Å². The van der Waals surface area contributed by atoms with Gasteiger partial charge in [0.25, 0.3) is 5.91 Å². The fourth-order valence-electron chi connectivity index (χ4n) is 3.01. The number of ether oxygens (including phenoxy) is 3. The smallest absolute Gasteiger partial charge is 0.254 e. The highest BCUT2D eigenvalue weighted by molar-refractivity contribution is 6.34. The van der Waals surface area contributed by atoms with Crippen LogP contribution in [0, 0.1) is 0 Å². The van der Waals surface area contributed by atoms with Gasteiger partial charge in [-0.15, -0.1) is 0 Å². The van der Waals surface area contributed by atoms with E-state index in [9.17, 15) is 4.79 Å². The van der Waals surface area contributed by atoms with Gasteiger partial charge in [0.05, 0.1) is 13.2 Å². The first-order chi connectivity index (χ1) is 12.1. The van der Waals surface area contributed by atoms with E-state index in [4.69, 9.17) is 37.4 Å². The number of fused-ring (bicyclic) bond motifs is 1. The van der Waals surface area contributed by atoms with Crippen molar-refractivity contribution < 1.29 is 19.0 Å². The van der Waals surface area contributed by atoms with Crippen LogP contribution in [-0.2, 0) is 4.74 Å². The molecule has 2 aromatic rings. The first kappa shape index (κ1) is 16.5. The van der Waals surface area contributed by atoms with Gasteiger partial charge in [-0.1, -0.05) is 23.2 Å². The third-order valence-corrected chi connectivity index (χ3v) is 4.67. The van der Waals surface area contributed by atoms with Crippen LogP contribution in [0.3, 0.4) is 0 Å². The minimum atomic E-state index is -0.261. The zero-order valence-corrected chi connectivity index (χ0v) is 14.7. The molecule has 1 saturated heterocycles. The minimum absolute atomic E-state index is 0.0697. The molecule has 0 aromatic heterocycles. The van der Waals surface area contributed by atoms with Crippen LogP contribution in [0.1, 0.15) is 22.0 Å². The van der Waals surface area contributed by atoms with E-state index in [0.29, 0.717) is 46.8 Å². The van der Waals surface area contributed by atoms with Gasteiger partial charge in [-0.2, -0.15) is 0 Å². The number of carbonyl (C=O) groups is 1. The van der Waals surface area contributed by atoms with Crippen LogP contribution in [0.25, 0.3) is 0 Å². The number of nitrogens with zero attached hydrogens (tertiary/aromatic N) is 1. The Morgan fingerprint density at radius 3 is 2.60 bits per heavy atom. The number of halogens is 2. The number of carbonyl (C=O) groups excluding carboxylic acids is 1. The van der Waals surface area contributed by atoms with Gasteiger partial charge in [0.2, 0.25) is 6.79 Å². The van der Waals surface area contributed by atoms with Gasteiger partial charge in [0.1, 0.15) is 6.10 Å². The van der Waals surface area contributed by atoms with Crippen LogP contribution in [-0.4, -0.2) is 37.3 Å². The Hall–Kier alpha value is -1.95. The van der Waals surface area contributed by atoms with E-state index >= 15 is 0 Å². The first-order valence-electron chi connectivity index (χ1n) is 7.87. The van der Waals surface area contributed by atoms with E-state index in [2.05, 4.69) is 0 Å². The molecule has 130 valence electrons. The molecule has 0 radical (unpaired) electrons. The van der Waals surface area contributed by atoms with Crippen molar-refractivity contribution in [1.29, 1.82) is 0 Å². The second-order valence-corrected chi connectivity index (χ2v) is 6.75. The van der Waals surface area contributed by atoms with Gasteiger partial charge >= 0.3 is 0 Å². The Bertz CT molecular complexity index is 806. The Morgan fingerprint density at radius 2 is 1.80 bits per heavy atom. The highest BCUT2D eigenvalue weighted by Gasteiger charge is 2.27. The minimum Gasteiger partial charge on any atom is -0.454 e. The maximum Gasteiger partial charge on any atom is 0.254 e. The van der Waals surface area contributed by atoms with Gasteiger partial charge < -0.3 is 19.1 Å². The van der Waals surface area contributed by atoms with Crippen LogP contribution in [0.15, 0.2) is 36.4 Å². The van der Waals surface area contributed by atoms with E-state index in [1.807, 2.05) is 12.1 Å². The summed E-state index contributed by atoms with van der Waals surface area (Å²) < 4.78 is 16.4. The molecule has 0 N–H and O–H groups in total. The fourth-order valence-corrected chi connectivity index (χ4v) is 3.55. The zero-order chi connectivity index (χ0) is 17.4. The van der Waals surface area contributed by atoms with E-state index in [-0.39, 0.29) is 18.8 Å². The standard InChI is InChI=1S/C18H15Cl2NO4/c19-13-5-12(6-14(20)8-13)17-9-21(3-4-23-17)18(22)11-1-2-15-16(7-11)25-10-24-15/h1-2,5-8,17H,3-4,9-10H2/t17-/m0/s1. The summed E-state index contributed by atoms with van der Waals surface area (Å²) in [4.78, 5) is 14.6. The molecule has 2 heterocycles. The summed E-state index contributed by atoms with van der Waals surface area (Å²) in [5.74, 6) is 1.18. The molecule has 0 spiro atoms.